The van der Waals surface area contributed by atoms with Crippen LogP contribution in [0.2, 0.25) is 0 Å². The van der Waals surface area contributed by atoms with Gasteiger partial charge in [0, 0.05) is 19.0 Å². The number of ether oxygens (including phenoxy) is 1. The van der Waals surface area contributed by atoms with E-state index in [2.05, 4.69) is 5.32 Å². The fourth-order valence-corrected chi connectivity index (χ4v) is 1.47. The maximum atomic E-state index is 12.6. The number of amides is 1. The van der Waals surface area contributed by atoms with Crippen LogP contribution in [0.15, 0.2) is 24.3 Å². The van der Waals surface area contributed by atoms with Crippen molar-refractivity contribution in [3.8, 4) is 5.75 Å². The molecule has 0 saturated carbocycles. The number of hydrogen-bond donors (Lipinski definition) is 2. The van der Waals surface area contributed by atoms with Crippen molar-refractivity contribution in [3.63, 3.8) is 0 Å². The first-order valence-corrected chi connectivity index (χ1v) is 6.48. The Morgan fingerprint density at radius 1 is 1.42 bits per heavy atom. The van der Waals surface area contributed by atoms with Crippen LogP contribution in [-0.2, 0) is 4.79 Å². The maximum absolute atomic E-state index is 12.6. The van der Waals surface area contributed by atoms with Gasteiger partial charge in [-0.1, -0.05) is 0 Å². The number of nitrogens with two attached hydrogens (primary N) is 1. The molecule has 4 nitrogen and oxygen atoms in total. The van der Waals surface area contributed by atoms with Crippen LogP contribution in [0.25, 0.3) is 0 Å². The minimum absolute atomic E-state index is 0.0130. The van der Waals surface area contributed by atoms with Gasteiger partial charge in [0.25, 0.3) is 0 Å². The fraction of sp³-hybridized carbons (Fsp3) is 0.500. The fourth-order valence-electron chi connectivity index (χ4n) is 1.47. The molecule has 0 aliphatic rings. The lowest BCUT2D eigenvalue weighted by Gasteiger charge is -2.08. The summed E-state index contributed by atoms with van der Waals surface area (Å²) in [5, 5.41) is 2.80. The van der Waals surface area contributed by atoms with Crippen molar-refractivity contribution >= 4 is 5.91 Å². The zero-order valence-corrected chi connectivity index (χ0v) is 11.2. The Morgan fingerprint density at radius 2 is 2.11 bits per heavy atom. The molecule has 5 heteroatoms. The van der Waals surface area contributed by atoms with Crippen LogP contribution >= 0.6 is 0 Å². The lowest BCUT2D eigenvalue weighted by molar-refractivity contribution is -0.121. The molecule has 0 aliphatic heterocycles. The standard InChI is InChI=1S/C14H21FN2O2/c1-11(16)3-8-14(18)17-9-2-10-19-13-6-4-12(15)5-7-13/h4-7,11H,2-3,8-10,16H2,1H3,(H,17,18). The average molecular weight is 268 g/mol. The molecule has 19 heavy (non-hydrogen) atoms. The number of hydrogen-bond acceptors (Lipinski definition) is 3. The molecule has 0 saturated heterocycles. The van der Waals surface area contributed by atoms with Crippen LogP contribution in [0.1, 0.15) is 26.2 Å². The SMILES string of the molecule is CC(N)CCC(=O)NCCCOc1ccc(F)cc1. The van der Waals surface area contributed by atoms with Crippen LogP contribution in [0.5, 0.6) is 5.75 Å². The van der Waals surface area contributed by atoms with E-state index in [9.17, 15) is 9.18 Å². The van der Waals surface area contributed by atoms with Crippen molar-refractivity contribution < 1.29 is 13.9 Å². The van der Waals surface area contributed by atoms with Gasteiger partial charge >= 0.3 is 0 Å². The Hall–Kier alpha value is -1.62. The van der Waals surface area contributed by atoms with Gasteiger partial charge in [0.15, 0.2) is 0 Å². The van der Waals surface area contributed by atoms with Gasteiger partial charge < -0.3 is 15.8 Å². The first kappa shape index (κ1) is 15.4. The molecule has 106 valence electrons. The van der Waals surface area contributed by atoms with Crippen LogP contribution in [-0.4, -0.2) is 25.1 Å². The molecule has 0 spiro atoms. The van der Waals surface area contributed by atoms with E-state index in [1.807, 2.05) is 6.92 Å². The summed E-state index contributed by atoms with van der Waals surface area (Å²) < 4.78 is 18.0. The van der Waals surface area contributed by atoms with E-state index in [1.54, 1.807) is 12.1 Å². The van der Waals surface area contributed by atoms with Crippen molar-refractivity contribution in [3.05, 3.63) is 30.1 Å². The zero-order valence-electron chi connectivity index (χ0n) is 11.2. The second kappa shape index (κ2) is 8.48. The predicted octanol–water partition coefficient (Wildman–Crippen LogP) is 1.84. The molecule has 0 aliphatic carbocycles. The topological polar surface area (TPSA) is 64.4 Å². The summed E-state index contributed by atoms with van der Waals surface area (Å²) in [4.78, 5) is 11.4. The summed E-state index contributed by atoms with van der Waals surface area (Å²) in [7, 11) is 0. The van der Waals surface area contributed by atoms with Gasteiger partial charge in [-0.05, 0) is 44.0 Å². The molecule has 0 bridgehead atoms. The largest absolute Gasteiger partial charge is 0.494 e. The van der Waals surface area contributed by atoms with Crippen molar-refractivity contribution in [2.24, 2.45) is 5.73 Å². The van der Waals surface area contributed by atoms with Crippen LogP contribution in [0.4, 0.5) is 4.39 Å². The molecule has 1 amide bonds. The summed E-state index contributed by atoms with van der Waals surface area (Å²) in [5.41, 5.74) is 5.57. The Labute approximate surface area is 113 Å². The molecule has 0 aromatic heterocycles. The Balaban J connectivity index is 2.05. The monoisotopic (exact) mass is 268 g/mol. The van der Waals surface area contributed by atoms with Crippen LogP contribution in [0, 0.1) is 5.82 Å². The van der Waals surface area contributed by atoms with E-state index in [0.717, 1.165) is 0 Å². The highest BCUT2D eigenvalue weighted by Crippen LogP contribution is 2.10. The van der Waals surface area contributed by atoms with Crippen molar-refractivity contribution in [2.75, 3.05) is 13.2 Å². The van der Waals surface area contributed by atoms with E-state index >= 15 is 0 Å². The molecule has 1 atom stereocenters. The van der Waals surface area contributed by atoms with Crippen LogP contribution in [0.3, 0.4) is 0 Å². The van der Waals surface area contributed by atoms with Gasteiger partial charge in [0.2, 0.25) is 5.91 Å². The smallest absolute Gasteiger partial charge is 0.220 e. The molecule has 1 aromatic rings. The van der Waals surface area contributed by atoms with Gasteiger partial charge in [-0.25, -0.2) is 4.39 Å². The van der Waals surface area contributed by atoms with E-state index in [1.165, 1.54) is 12.1 Å². The maximum Gasteiger partial charge on any atom is 0.220 e. The number of halogens is 1. The molecule has 0 radical (unpaired) electrons. The molecule has 3 N–H and O–H groups in total. The Morgan fingerprint density at radius 3 is 2.74 bits per heavy atom. The Bertz CT molecular complexity index is 380. The van der Waals surface area contributed by atoms with Gasteiger partial charge in [0.1, 0.15) is 11.6 Å². The highest BCUT2D eigenvalue weighted by atomic mass is 19.1. The molecule has 0 fully saturated rings. The third-order valence-electron chi connectivity index (χ3n) is 2.55. The highest BCUT2D eigenvalue weighted by molar-refractivity contribution is 5.75. The predicted molar refractivity (Wildman–Crippen MR) is 72.4 cm³/mol. The third-order valence-corrected chi connectivity index (χ3v) is 2.55. The van der Waals surface area contributed by atoms with Gasteiger partial charge in [-0.3, -0.25) is 4.79 Å². The highest BCUT2D eigenvalue weighted by Gasteiger charge is 2.02. The minimum atomic E-state index is -0.284. The lowest BCUT2D eigenvalue weighted by Crippen LogP contribution is -2.27. The molecule has 0 heterocycles. The number of nitrogens with one attached hydrogen (secondary N) is 1. The van der Waals surface area contributed by atoms with Gasteiger partial charge in [-0.15, -0.1) is 0 Å². The third kappa shape index (κ3) is 7.41. The van der Waals surface area contributed by atoms with Gasteiger partial charge in [0.05, 0.1) is 6.61 Å². The van der Waals surface area contributed by atoms with Crippen molar-refractivity contribution in [1.82, 2.24) is 5.32 Å². The number of carbonyl (C=O) groups excluding carboxylic acids is 1. The summed E-state index contributed by atoms with van der Waals surface area (Å²) in [6.07, 6.45) is 1.86. The Kier molecular flexibility index (Phi) is 6.89. The summed E-state index contributed by atoms with van der Waals surface area (Å²) in [6.45, 7) is 2.93. The van der Waals surface area contributed by atoms with E-state index in [-0.39, 0.29) is 17.8 Å². The lowest BCUT2D eigenvalue weighted by atomic mass is 10.2. The molecular formula is C14H21FN2O2. The number of carbonyl (C=O) groups is 1. The summed E-state index contributed by atoms with van der Waals surface area (Å²) >= 11 is 0. The molecule has 1 unspecified atom stereocenters. The first-order valence-electron chi connectivity index (χ1n) is 6.48. The molecular weight excluding hydrogens is 247 g/mol. The van der Waals surface area contributed by atoms with E-state index < -0.39 is 0 Å². The minimum Gasteiger partial charge on any atom is -0.494 e. The second-order valence-corrected chi connectivity index (χ2v) is 4.52. The average Bonchev–Trinajstić information content (AvgIpc) is 2.38. The number of benzene rings is 1. The van der Waals surface area contributed by atoms with Crippen molar-refractivity contribution in [2.45, 2.75) is 32.2 Å². The number of rotatable bonds is 8. The molecule has 1 rings (SSSR count). The second-order valence-electron chi connectivity index (χ2n) is 4.52. The summed E-state index contributed by atoms with van der Waals surface area (Å²) in [6, 6.07) is 5.91. The quantitative estimate of drug-likeness (QED) is 0.707. The van der Waals surface area contributed by atoms with Crippen LogP contribution < -0.4 is 15.8 Å². The van der Waals surface area contributed by atoms with E-state index in [4.69, 9.17) is 10.5 Å². The molecule has 1 aromatic carbocycles. The first-order chi connectivity index (χ1) is 9.08. The normalized spacial score (nSPS) is 11.9. The van der Waals surface area contributed by atoms with E-state index in [0.29, 0.717) is 38.2 Å². The van der Waals surface area contributed by atoms with Crippen molar-refractivity contribution in [1.29, 1.82) is 0 Å². The van der Waals surface area contributed by atoms with Gasteiger partial charge in [-0.2, -0.15) is 0 Å². The summed E-state index contributed by atoms with van der Waals surface area (Å²) in [5.74, 6) is 0.359. The zero-order chi connectivity index (χ0) is 14.1.